The maximum atomic E-state index is 12.0. The maximum absolute atomic E-state index is 12.0. The van der Waals surface area contributed by atoms with Crippen molar-refractivity contribution in [3.05, 3.63) is 58.9 Å². The Morgan fingerprint density at radius 1 is 1.19 bits per heavy atom. The van der Waals surface area contributed by atoms with E-state index in [0.29, 0.717) is 12.1 Å². The first-order valence-electron chi connectivity index (χ1n) is 6.29. The van der Waals surface area contributed by atoms with Crippen LogP contribution in [0.4, 0.5) is 5.69 Å². The molecule has 0 saturated heterocycles. The number of carboxylic acids is 1. The lowest BCUT2D eigenvalue weighted by molar-refractivity contribution is -0.136. The van der Waals surface area contributed by atoms with Crippen LogP contribution in [0.25, 0.3) is 0 Å². The first kappa shape index (κ1) is 15.0. The predicted molar refractivity (Wildman–Crippen MR) is 79.6 cm³/mol. The summed E-state index contributed by atoms with van der Waals surface area (Å²) in [5.41, 5.74) is 1.65. The lowest BCUT2D eigenvalue weighted by Gasteiger charge is -2.07. The second kappa shape index (κ2) is 6.85. The Kier molecular flexibility index (Phi) is 4.90. The van der Waals surface area contributed by atoms with Gasteiger partial charge in [0.2, 0.25) is 0 Å². The lowest BCUT2D eigenvalue weighted by atomic mass is 10.1. The molecular formula is C15H13ClN2O3. The van der Waals surface area contributed by atoms with Crippen LogP contribution in [0.3, 0.4) is 0 Å². The number of benzene rings is 1. The van der Waals surface area contributed by atoms with E-state index < -0.39 is 5.97 Å². The molecule has 21 heavy (non-hydrogen) atoms. The van der Waals surface area contributed by atoms with E-state index in [1.807, 2.05) is 6.07 Å². The van der Waals surface area contributed by atoms with Gasteiger partial charge in [-0.3, -0.25) is 9.59 Å². The SMILES string of the molecule is O=C(O)CCc1cccc(NC(=O)c2cccc(Cl)n2)c1. The third-order valence-electron chi connectivity index (χ3n) is 2.76. The summed E-state index contributed by atoms with van der Waals surface area (Å²) in [4.78, 5) is 26.5. The molecule has 108 valence electrons. The van der Waals surface area contributed by atoms with Crippen molar-refractivity contribution in [3.8, 4) is 0 Å². The number of nitrogens with one attached hydrogen (secondary N) is 1. The fraction of sp³-hybridized carbons (Fsp3) is 0.133. The Labute approximate surface area is 126 Å². The predicted octanol–water partition coefficient (Wildman–Crippen LogP) is 3.00. The van der Waals surface area contributed by atoms with E-state index in [0.717, 1.165) is 5.56 Å². The summed E-state index contributed by atoms with van der Waals surface area (Å²) in [6.07, 6.45) is 0.460. The number of anilines is 1. The quantitative estimate of drug-likeness (QED) is 0.832. The van der Waals surface area contributed by atoms with Crippen LogP contribution < -0.4 is 5.32 Å². The molecule has 0 aliphatic rings. The second-order valence-corrected chi connectivity index (χ2v) is 4.78. The van der Waals surface area contributed by atoms with Crippen molar-refractivity contribution in [3.63, 3.8) is 0 Å². The van der Waals surface area contributed by atoms with Gasteiger partial charge in [-0.05, 0) is 36.2 Å². The van der Waals surface area contributed by atoms with E-state index in [-0.39, 0.29) is 23.2 Å². The van der Waals surface area contributed by atoms with E-state index in [1.54, 1.807) is 36.4 Å². The molecular weight excluding hydrogens is 292 g/mol. The zero-order valence-corrected chi connectivity index (χ0v) is 11.8. The largest absolute Gasteiger partial charge is 0.481 e. The number of aryl methyl sites for hydroxylation is 1. The molecule has 0 unspecified atom stereocenters. The topological polar surface area (TPSA) is 79.3 Å². The molecule has 1 aromatic heterocycles. The first-order valence-corrected chi connectivity index (χ1v) is 6.67. The molecule has 0 atom stereocenters. The molecule has 1 amide bonds. The van der Waals surface area contributed by atoms with E-state index in [9.17, 15) is 9.59 Å². The van der Waals surface area contributed by atoms with Crippen LogP contribution in [-0.4, -0.2) is 22.0 Å². The molecule has 2 rings (SSSR count). The van der Waals surface area contributed by atoms with Gasteiger partial charge in [0, 0.05) is 12.1 Å². The number of rotatable bonds is 5. The van der Waals surface area contributed by atoms with E-state index in [1.165, 1.54) is 0 Å². The van der Waals surface area contributed by atoms with Crippen LogP contribution in [0.15, 0.2) is 42.5 Å². The number of carboxylic acid groups (broad SMARTS) is 1. The number of aliphatic carboxylic acids is 1. The standard InChI is InChI=1S/C15H13ClN2O3/c16-13-6-2-5-12(18-13)15(21)17-11-4-1-3-10(9-11)7-8-14(19)20/h1-6,9H,7-8H2,(H,17,21)(H,19,20). The van der Waals surface area contributed by atoms with Gasteiger partial charge in [-0.25, -0.2) is 4.98 Å². The second-order valence-electron chi connectivity index (χ2n) is 4.39. The van der Waals surface area contributed by atoms with Crippen molar-refractivity contribution in [2.24, 2.45) is 0 Å². The number of halogens is 1. The Balaban J connectivity index is 2.07. The van der Waals surface area contributed by atoms with Gasteiger partial charge in [0.05, 0.1) is 0 Å². The average Bonchev–Trinajstić information content (AvgIpc) is 2.45. The summed E-state index contributed by atoms with van der Waals surface area (Å²) in [5, 5.41) is 11.6. The highest BCUT2D eigenvalue weighted by atomic mass is 35.5. The molecule has 0 radical (unpaired) electrons. The summed E-state index contributed by atoms with van der Waals surface area (Å²) >= 11 is 5.74. The van der Waals surface area contributed by atoms with Crippen molar-refractivity contribution in [1.29, 1.82) is 0 Å². The van der Waals surface area contributed by atoms with E-state index in [4.69, 9.17) is 16.7 Å². The molecule has 5 nitrogen and oxygen atoms in total. The number of carbonyl (C=O) groups is 2. The smallest absolute Gasteiger partial charge is 0.303 e. The summed E-state index contributed by atoms with van der Waals surface area (Å²) in [7, 11) is 0. The van der Waals surface area contributed by atoms with Crippen LogP contribution in [0.2, 0.25) is 5.15 Å². The molecule has 0 spiro atoms. The molecule has 6 heteroatoms. The summed E-state index contributed by atoms with van der Waals surface area (Å²) in [5.74, 6) is -1.22. The molecule has 0 fully saturated rings. The fourth-order valence-electron chi connectivity index (χ4n) is 1.79. The van der Waals surface area contributed by atoms with Gasteiger partial charge in [0.15, 0.2) is 0 Å². The van der Waals surface area contributed by atoms with Crippen LogP contribution in [0, 0.1) is 0 Å². The number of aromatic nitrogens is 1. The number of nitrogens with zero attached hydrogens (tertiary/aromatic N) is 1. The van der Waals surface area contributed by atoms with Crippen LogP contribution in [-0.2, 0) is 11.2 Å². The minimum atomic E-state index is -0.854. The van der Waals surface area contributed by atoms with Gasteiger partial charge in [-0.2, -0.15) is 0 Å². The van der Waals surface area contributed by atoms with Gasteiger partial charge in [-0.1, -0.05) is 29.8 Å². The first-order chi connectivity index (χ1) is 10.0. The number of carbonyl (C=O) groups excluding carboxylic acids is 1. The zero-order valence-electron chi connectivity index (χ0n) is 11.0. The molecule has 1 aromatic carbocycles. The Hall–Kier alpha value is -2.40. The van der Waals surface area contributed by atoms with Crippen molar-refractivity contribution < 1.29 is 14.7 Å². The average molecular weight is 305 g/mol. The molecule has 2 aromatic rings. The lowest BCUT2D eigenvalue weighted by Crippen LogP contribution is -2.13. The zero-order chi connectivity index (χ0) is 15.2. The minimum Gasteiger partial charge on any atom is -0.481 e. The Bertz CT molecular complexity index is 673. The summed E-state index contributed by atoms with van der Waals surface area (Å²) < 4.78 is 0. The molecule has 1 heterocycles. The molecule has 0 bridgehead atoms. The number of pyridine rings is 1. The molecule has 0 aliphatic carbocycles. The highest BCUT2D eigenvalue weighted by Gasteiger charge is 2.08. The third kappa shape index (κ3) is 4.57. The highest BCUT2D eigenvalue weighted by Crippen LogP contribution is 2.14. The van der Waals surface area contributed by atoms with Crippen molar-refractivity contribution in [1.82, 2.24) is 4.98 Å². The summed E-state index contributed by atoms with van der Waals surface area (Å²) in [6.45, 7) is 0. The van der Waals surface area contributed by atoms with Gasteiger partial charge in [0.25, 0.3) is 5.91 Å². The normalized spacial score (nSPS) is 10.1. The van der Waals surface area contributed by atoms with Gasteiger partial charge in [-0.15, -0.1) is 0 Å². The van der Waals surface area contributed by atoms with Crippen molar-refractivity contribution in [2.75, 3.05) is 5.32 Å². The van der Waals surface area contributed by atoms with Gasteiger partial charge >= 0.3 is 5.97 Å². The molecule has 0 saturated carbocycles. The van der Waals surface area contributed by atoms with Gasteiger partial charge in [0.1, 0.15) is 10.8 Å². The van der Waals surface area contributed by atoms with Crippen LogP contribution in [0.5, 0.6) is 0 Å². The summed E-state index contributed by atoms with van der Waals surface area (Å²) in [6, 6.07) is 11.8. The molecule has 0 aliphatic heterocycles. The number of hydrogen-bond acceptors (Lipinski definition) is 3. The minimum absolute atomic E-state index is 0.0489. The molecule has 2 N–H and O–H groups in total. The fourth-order valence-corrected chi connectivity index (χ4v) is 1.95. The maximum Gasteiger partial charge on any atom is 0.303 e. The van der Waals surface area contributed by atoms with Crippen LogP contribution >= 0.6 is 11.6 Å². The number of amides is 1. The number of hydrogen-bond donors (Lipinski definition) is 2. The van der Waals surface area contributed by atoms with Crippen molar-refractivity contribution in [2.45, 2.75) is 12.8 Å². The monoisotopic (exact) mass is 304 g/mol. The van der Waals surface area contributed by atoms with Crippen LogP contribution in [0.1, 0.15) is 22.5 Å². The van der Waals surface area contributed by atoms with Gasteiger partial charge < -0.3 is 10.4 Å². The highest BCUT2D eigenvalue weighted by molar-refractivity contribution is 6.29. The Morgan fingerprint density at radius 2 is 1.95 bits per heavy atom. The van der Waals surface area contributed by atoms with E-state index >= 15 is 0 Å². The third-order valence-corrected chi connectivity index (χ3v) is 2.97. The van der Waals surface area contributed by atoms with E-state index in [2.05, 4.69) is 10.3 Å². The Morgan fingerprint density at radius 3 is 2.67 bits per heavy atom. The van der Waals surface area contributed by atoms with Crippen molar-refractivity contribution >= 4 is 29.2 Å².